The predicted molar refractivity (Wildman–Crippen MR) is 142 cm³/mol. The smallest absolute Gasteiger partial charge is 0.248 e. The summed E-state index contributed by atoms with van der Waals surface area (Å²) in [6.45, 7) is 1.90. The SMILES string of the molecule is C[C@@H](CC1(C(N)=O)c2ccc(C(N)=O)cc2CCc2cc(C(N)=O)ccc21)NCC(=O)N1[C@H](C#N)C[C@@H]2C[C@@H]21. The summed E-state index contributed by atoms with van der Waals surface area (Å²) in [5.41, 5.74) is 19.5. The Kier molecular flexibility index (Phi) is 6.64. The van der Waals surface area contributed by atoms with Gasteiger partial charge in [-0.15, -0.1) is 0 Å². The topological polar surface area (TPSA) is 185 Å². The van der Waals surface area contributed by atoms with E-state index in [4.69, 9.17) is 17.2 Å². The Balaban J connectivity index is 1.50. The second-order valence-corrected chi connectivity index (χ2v) is 11.0. The molecule has 2 aromatic rings. The van der Waals surface area contributed by atoms with E-state index in [-0.39, 0.29) is 31.0 Å². The fourth-order valence-corrected chi connectivity index (χ4v) is 6.56. The Morgan fingerprint density at radius 2 is 1.56 bits per heavy atom. The fourth-order valence-electron chi connectivity index (χ4n) is 6.56. The van der Waals surface area contributed by atoms with Gasteiger partial charge in [0.1, 0.15) is 11.5 Å². The number of hydrogen-bond donors (Lipinski definition) is 4. The maximum absolute atomic E-state index is 13.5. The summed E-state index contributed by atoms with van der Waals surface area (Å²) in [6, 6.07) is 11.7. The first-order valence-corrected chi connectivity index (χ1v) is 13.2. The largest absolute Gasteiger partial charge is 0.369 e. The molecule has 2 fully saturated rings. The van der Waals surface area contributed by atoms with E-state index in [0.717, 1.165) is 24.0 Å². The maximum Gasteiger partial charge on any atom is 0.248 e. The van der Waals surface area contributed by atoms with Crippen LogP contribution in [0.25, 0.3) is 0 Å². The van der Waals surface area contributed by atoms with E-state index >= 15 is 0 Å². The molecule has 4 amide bonds. The summed E-state index contributed by atoms with van der Waals surface area (Å²) in [7, 11) is 0. The van der Waals surface area contributed by atoms with Gasteiger partial charge in [0.15, 0.2) is 0 Å². The number of aryl methyl sites for hydroxylation is 2. The zero-order chi connectivity index (χ0) is 28.1. The minimum Gasteiger partial charge on any atom is -0.369 e. The first kappa shape index (κ1) is 26.4. The van der Waals surface area contributed by atoms with E-state index in [1.54, 1.807) is 41.3 Å². The highest BCUT2D eigenvalue weighted by Crippen LogP contribution is 2.47. The standard InChI is InChI=1S/C29H32N6O4/c1-15(34-14-25(36)35-21(13-30)10-20-11-24(20)35)12-29(28(33)39)22-6-4-18(26(31)37)8-16(22)2-3-17-9-19(27(32)38)5-7-23(17)29/h4-9,15,20-21,24,34H,2-3,10-12,14H2,1H3,(H2,31,37)(H2,32,38)(H2,33,39)/t15-,20+,21-,24-/m0/s1. The summed E-state index contributed by atoms with van der Waals surface area (Å²) in [6.07, 6.45) is 2.87. The van der Waals surface area contributed by atoms with Crippen molar-refractivity contribution in [3.63, 3.8) is 0 Å². The van der Waals surface area contributed by atoms with Crippen LogP contribution < -0.4 is 22.5 Å². The van der Waals surface area contributed by atoms with Crippen molar-refractivity contribution in [2.24, 2.45) is 23.1 Å². The molecule has 10 heteroatoms. The van der Waals surface area contributed by atoms with Gasteiger partial charge in [-0.25, -0.2) is 0 Å². The van der Waals surface area contributed by atoms with E-state index in [1.807, 2.05) is 6.92 Å². The molecular weight excluding hydrogens is 496 g/mol. The molecule has 2 aliphatic carbocycles. The summed E-state index contributed by atoms with van der Waals surface area (Å²) in [4.78, 5) is 52.1. The van der Waals surface area contributed by atoms with E-state index in [0.29, 0.717) is 41.0 Å². The van der Waals surface area contributed by atoms with E-state index in [1.165, 1.54) is 0 Å². The van der Waals surface area contributed by atoms with Crippen molar-refractivity contribution in [1.29, 1.82) is 5.26 Å². The van der Waals surface area contributed by atoms with Gasteiger partial charge < -0.3 is 27.4 Å². The van der Waals surface area contributed by atoms with Gasteiger partial charge in [-0.3, -0.25) is 19.2 Å². The van der Waals surface area contributed by atoms with Crippen LogP contribution in [-0.2, 0) is 27.8 Å². The average molecular weight is 529 g/mol. The van der Waals surface area contributed by atoms with Gasteiger partial charge in [0, 0.05) is 23.2 Å². The summed E-state index contributed by atoms with van der Waals surface area (Å²) in [5.74, 6) is -1.46. The van der Waals surface area contributed by atoms with Gasteiger partial charge in [-0.05, 0) is 91.5 Å². The van der Waals surface area contributed by atoms with Gasteiger partial charge in [0.05, 0.1) is 12.6 Å². The first-order chi connectivity index (χ1) is 18.6. The number of fused-ring (bicyclic) bond motifs is 3. The average Bonchev–Trinajstić information content (AvgIpc) is 3.60. The number of primary amides is 3. The van der Waals surface area contributed by atoms with Crippen LogP contribution in [0.15, 0.2) is 36.4 Å². The monoisotopic (exact) mass is 528 g/mol. The van der Waals surface area contributed by atoms with Crippen LogP contribution in [0.3, 0.4) is 0 Å². The van der Waals surface area contributed by atoms with Crippen molar-refractivity contribution < 1.29 is 19.2 Å². The summed E-state index contributed by atoms with van der Waals surface area (Å²) >= 11 is 0. The molecule has 0 aromatic heterocycles. The van der Waals surface area contributed by atoms with Crippen LogP contribution >= 0.6 is 0 Å². The van der Waals surface area contributed by atoms with Crippen LogP contribution in [0.5, 0.6) is 0 Å². The third-order valence-corrected chi connectivity index (χ3v) is 8.54. The number of nitrogens with zero attached hydrogens (tertiary/aromatic N) is 2. The molecule has 1 saturated heterocycles. The van der Waals surface area contributed by atoms with Crippen LogP contribution in [0.4, 0.5) is 0 Å². The van der Waals surface area contributed by atoms with Crippen molar-refractivity contribution in [2.75, 3.05) is 6.54 Å². The Bertz CT molecular complexity index is 1360. The molecule has 10 nitrogen and oxygen atoms in total. The molecule has 0 bridgehead atoms. The molecule has 0 spiro atoms. The highest BCUT2D eigenvalue weighted by Gasteiger charge is 2.54. The molecule has 1 saturated carbocycles. The Labute approximate surface area is 226 Å². The fraction of sp³-hybridized carbons (Fsp3) is 0.414. The highest BCUT2D eigenvalue weighted by atomic mass is 16.2. The molecule has 1 heterocycles. The minimum absolute atomic E-state index is 0.0261. The molecule has 1 aliphatic heterocycles. The van der Waals surface area contributed by atoms with E-state index in [2.05, 4.69) is 11.4 Å². The molecule has 39 heavy (non-hydrogen) atoms. The molecule has 7 N–H and O–H groups in total. The number of hydrogen-bond acceptors (Lipinski definition) is 6. The van der Waals surface area contributed by atoms with Crippen molar-refractivity contribution in [2.45, 2.75) is 62.6 Å². The second-order valence-electron chi connectivity index (χ2n) is 11.0. The molecule has 0 radical (unpaired) electrons. The number of likely N-dealkylation sites (tertiary alicyclic amines) is 1. The van der Waals surface area contributed by atoms with E-state index < -0.39 is 29.2 Å². The molecule has 3 aliphatic rings. The number of piperidine rings is 1. The summed E-state index contributed by atoms with van der Waals surface area (Å²) in [5, 5.41) is 12.7. The van der Waals surface area contributed by atoms with Gasteiger partial charge in [0.2, 0.25) is 23.6 Å². The van der Waals surface area contributed by atoms with E-state index in [9.17, 15) is 24.4 Å². The lowest BCUT2D eigenvalue weighted by atomic mass is 9.68. The van der Waals surface area contributed by atoms with Gasteiger partial charge in [0.25, 0.3) is 0 Å². The van der Waals surface area contributed by atoms with Gasteiger partial charge in [-0.1, -0.05) is 12.1 Å². The van der Waals surface area contributed by atoms with Crippen LogP contribution in [0, 0.1) is 17.2 Å². The van der Waals surface area contributed by atoms with Gasteiger partial charge in [-0.2, -0.15) is 5.26 Å². The molecule has 2 aromatic carbocycles. The number of benzene rings is 2. The molecule has 5 rings (SSSR count). The zero-order valence-corrected chi connectivity index (χ0v) is 21.8. The lowest BCUT2D eigenvalue weighted by Gasteiger charge is -2.36. The Hall–Kier alpha value is -4.23. The van der Waals surface area contributed by atoms with Gasteiger partial charge >= 0.3 is 0 Å². The highest BCUT2D eigenvalue weighted by molar-refractivity contribution is 5.96. The van der Waals surface area contributed by atoms with Crippen molar-refractivity contribution >= 4 is 23.6 Å². The number of rotatable bonds is 8. The third-order valence-electron chi connectivity index (χ3n) is 8.54. The predicted octanol–water partition coefficient (Wildman–Crippen LogP) is 0.636. The van der Waals surface area contributed by atoms with Crippen molar-refractivity contribution in [3.05, 3.63) is 69.8 Å². The minimum atomic E-state index is -1.31. The Morgan fingerprint density at radius 1 is 1.00 bits per heavy atom. The number of nitrogens with one attached hydrogen (secondary N) is 1. The van der Waals surface area contributed by atoms with Crippen molar-refractivity contribution in [3.8, 4) is 6.07 Å². The van der Waals surface area contributed by atoms with Crippen LogP contribution in [0.1, 0.15) is 69.2 Å². The van der Waals surface area contributed by atoms with Crippen LogP contribution in [0.2, 0.25) is 0 Å². The second kappa shape index (κ2) is 9.82. The zero-order valence-electron chi connectivity index (χ0n) is 21.8. The number of nitrogens with two attached hydrogens (primary N) is 3. The molecular formula is C29H32N6O4. The van der Waals surface area contributed by atoms with Crippen molar-refractivity contribution in [1.82, 2.24) is 10.2 Å². The normalized spacial score (nSPS) is 22.9. The number of amides is 4. The first-order valence-electron chi connectivity index (χ1n) is 13.2. The number of carbonyl (C=O) groups is 4. The third kappa shape index (κ3) is 4.53. The lowest BCUT2D eigenvalue weighted by Crippen LogP contribution is -2.49. The number of carbonyl (C=O) groups excluding carboxylic acids is 4. The molecule has 0 unspecified atom stereocenters. The maximum atomic E-state index is 13.5. The number of nitriles is 1. The Morgan fingerprint density at radius 3 is 2.05 bits per heavy atom. The molecule has 202 valence electrons. The quantitative estimate of drug-likeness (QED) is 0.389. The van der Waals surface area contributed by atoms with Crippen LogP contribution in [-0.4, -0.2) is 53.2 Å². The lowest BCUT2D eigenvalue weighted by molar-refractivity contribution is -0.131. The summed E-state index contributed by atoms with van der Waals surface area (Å²) < 4.78 is 0. The molecule has 4 atom stereocenters.